The van der Waals surface area contributed by atoms with Crippen LogP contribution in [0.1, 0.15) is 15.9 Å². The molecule has 0 aliphatic carbocycles. The van der Waals surface area contributed by atoms with Gasteiger partial charge in [-0.3, -0.25) is 4.79 Å². The van der Waals surface area contributed by atoms with E-state index in [4.69, 9.17) is 9.47 Å². The highest BCUT2D eigenvalue weighted by Gasteiger charge is 2.18. The van der Waals surface area contributed by atoms with E-state index in [-0.39, 0.29) is 29.3 Å². The summed E-state index contributed by atoms with van der Waals surface area (Å²) in [6.45, 7) is 0. The largest absolute Gasteiger partial charge is 0.493 e. The summed E-state index contributed by atoms with van der Waals surface area (Å²) in [7, 11) is 2.85. The standard InChI is InChI=1S/C17H16BrNO5/c1-23-14-8-12(17(21)22)13(9-15(14)24-2)19-16(20)7-10-3-5-11(18)6-4-10/h3-6,8-9H,7H2,1-2H3,(H,19,20)(H,21,22). The summed E-state index contributed by atoms with van der Waals surface area (Å²) in [5.74, 6) is -0.885. The molecule has 0 saturated carbocycles. The van der Waals surface area contributed by atoms with Gasteiger partial charge in [0.1, 0.15) is 0 Å². The van der Waals surface area contributed by atoms with Gasteiger partial charge in [-0.25, -0.2) is 4.79 Å². The van der Waals surface area contributed by atoms with Crippen LogP contribution in [0.5, 0.6) is 11.5 Å². The zero-order valence-electron chi connectivity index (χ0n) is 13.1. The normalized spacial score (nSPS) is 10.1. The first-order valence-corrected chi connectivity index (χ1v) is 7.77. The average molecular weight is 394 g/mol. The van der Waals surface area contributed by atoms with Gasteiger partial charge in [0.25, 0.3) is 0 Å². The lowest BCUT2D eigenvalue weighted by atomic mass is 10.1. The Labute approximate surface area is 147 Å². The highest BCUT2D eigenvalue weighted by atomic mass is 79.9. The Bertz CT molecular complexity index is 758. The number of carboxylic acid groups (broad SMARTS) is 1. The maximum atomic E-state index is 12.2. The molecule has 0 aromatic heterocycles. The molecule has 24 heavy (non-hydrogen) atoms. The van der Waals surface area contributed by atoms with E-state index >= 15 is 0 Å². The second-order valence-corrected chi connectivity index (χ2v) is 5.83. The average Bonchev–Trinajstić information content (AvgIpc) is 2.56. The second kappa shape index (κ2) is 7.83. The summed E-state index contributed by atoms with van der Waals surface area (Å²) < 4.78 is 11.2. The van der Waals surface area contributed by atoms with Crippen molar-refractivity contribution in [2.45, 2.75) is 6.42 Å². The fourth-order valence-corrected chi connectivity index (χ4v) is 2.41. The Balaban J connectivity index is 2.25. The topological polar surface area (TPSA) is 84.9 Å². The Hall–Kier alpha value is -2.54. The molecule has 0 fully saturated rings. The molecule has 0 atom stereocenters. The zero-order chi connectivity index (χ0) is 17.7. The van der Waals surface area contributed by atoms with Crippen molar-refractivity contribution in [3.05, 3.63) is 52.0 Å². The van der Waals surface area contributed by atoms with Crippen LogP contribution in [0.15, 0.2) is 40.9 Å². The van der Waals surface area contributed by atoms with Crippen LogP contribution >= 0.6 is 15.9 Å². The van der Waals surface area contributed by atoms with Crippen LogP contribution in [0.2, 0.25) is 0 Å². The van der Waals surface area contributed by atoms with Crippen molar-refractivity contribution in [2.75, 3.05) is 19.5 Å². The van der Waals surface area contributed by atoms with Gasteiger partial charge in [0, 0.05) is 16.6 Å². The van der Waals surface area contributed by atoms with E-state index in [1.807, 2.05) is 24.3 Å². The molecule has 0 spiro atoms. The minimum atomic E-state index is -1.17. The molecule has 1 amide bonds. The van der Waals surface area contributed by atoms with Gasteiger partial charge < -0.3 is 19.9 Å². The van der Waals surface area contributed by atoms with Crippen molar-refractivity contribution in [2.24, 2.45) is 0 Å². The predicted molar refractivity (Wildman–Crippen MR) is 93.0 cm³/mol. The number of carbonyl (C=O) groups excluding carboxylic acids is 1. The molecule has 0 bridgehead atoms. The molecule has 0 heterocycles. The number of anilines is 1. The molecule has 2 N–H and O–H groups in total. The molecular weight excluding hydrogens is 378 g/mol. The van der Waals surface area contributed by atoms with Crippen LogP contribution in [0.25, 0.3) is 0 Å². The van der Waals surface area contributed by atoms with Gasteiger partial charge in [0.15, 0.2) is 11.5 Å². The molecule has 0 aliphatic heterocycles. The van der Waals surface area contributed by atoms with Crippen molar-refractivity contribution < 1.29 is 24.2 Å². The SMILES string of the molecule is COc1cc(NC(=O)Cc2ccc(Br)cc2)c(C(=O)O)cc1OC. The molecule has 0 aliphatic rings. The number of carboxylic acids is 1. The van der Waals surface area contributed by atoms with Crippen LogP contribution in [-0.2, 0) is 11.2 Å². The number of amides is 1. The third-order valence-electron chi connectivity index (χ3n) is 3.31. The first-order chi connectivity index (χ1) is 11.4. The second-order valence-electron chi connectivity index (χ2n) is 4.91. The number of rotatable bonds is 6. The van der Waals surface area contributed by atoms with Gasteiger partial charge in [-0.05, 0) is 17.7 Å². The van der Waals surface area contributed by atoms with Crippen LogP contribution < -0.4 is 14.8 Å². The number of aromatic carboxylic acids is 1. The van der Waals surface area contributed by atoms with Gasteiger partial charge in [-0.1, -0.05) is 28.1 Å². The molecule has 7 heteroatoms. The highest BCUT2D eigenvalue weighted by molar-refractivity contribution is 9.10. The number of hydrogen-bond acceptors (Lipinski definition) is 4. The number of ether oxygens (including phenoxy) is 2. The zero-order valence-corrected chi connectivity index (χ0v) is 14.7. The van der Waals surface area contributed by atoms with E-state index in [9.17, 15) is 14.7 Å². The number of halogens is 1. The van der Waals surface area contributed by atoms with E-state index in [0.717, 1.165) is 10.0 Å². The number of carbonyl (C=O) groups is 2. The van der Waals surface area contributed by atoms with E-state index in [2.05, 4.69) is 21.2 Å². The van der Waals surface area contributed by atoms with Gasteiger partial charge in [-0.2, -0.15) is 0 Å². The Morgan fingerprint density at radius 3 is 2.21 bits per heavy atom. The van der Waals surface area contributed by atoms with Gasteiger partial charge in [0.05, 0.1) is 31.9 Å². The van der Waals surface area contributed by atoms with Crippen molar-refractivity contribution in [3.8, 4) is 11.5 Å². The molecule has 6 nitrogen and oxygen atoms in total. The van der Waals surface area contributed by atoms with Gasteiger partial charge >= 0.3 is 5.97 Å². The lowest BCUT2D eigenvalue weighted by Crippen LogP contribution is -2.17. The fourth-order valence-electron chi connectivity index (χ4n) is 2.14. The molecule has 0 saturated heterocycles. The molecule has 2 aromatic rings. The first kappa shape index (κ1) is 17.8. The molecule has 0 radical (unpaired) electrons. The summed E-state index contributed by atoms with van der Waals surface area (Å²) in [5.41, 5.74) is 0.895. The van der Waals surface area contributed by atoms with Crippen LogP contribution in [0.3, 0.4) is 0 Å². The lowest BCUT2D eigenvalue weighted by molar-refractivity contribution is -0.115. The molecule has 2 aromatic carbocycles. The Morgan fingerprint density at radius 2 is 1.67 bits per heavy atom. The number of hydrogen-bond donors (Lipinski definition) is 2. The third kappa shape index (κ3) is 4.26. The van der Waals surface area contributed by atoms with Crippen molar-refractivity contribution in [1.29, 1.82) is 0 Å². The lowest BCUT2D eigenvalue weighted by Gasteiger charge is -2.13. The first-order valence-electron chi connectivity index (χ1n) is 6.98. The minimum absolute atomic E-state index is 0.0724. The minimum Gasteiger partial charge on any atom is -0.493 e. The van der Waals surface area contributed by atoms with Gasteiger partial charge in [0.2, 0.25) is 5.91 Å². The fraction of sp³-hybridized carbons (Fsp3) is 0.176. The molecular formula is C17H16BrNO5. The molecule has 2 rings (SSSR count). The van der Waals surface area contributed by atoms with Crippen molar-refractivity contribution >= 4 is 33.5 Å². The van der Waals surface area contributed by atoms with E-state index in [0.29, 0.717) is 5.75 Å². The maximum absolute atomic E-state index is 12.2. The summed E-state index contributed by atoms with van der Waals surface area (Å²) in [5, 5.41) is 11.9. The smallest absolute Gasteiger partial charge is 0.337 e. The van der Waals surface area contributed by atoms with Crippen molar-refractivity contribution in [3.63, 3.8) is 0 Å². The Kier molecular flexibility index (Phi) is 5.81. The van der Waals surface area contributed by atoms with Crippen LogP contribution in [-0.4, -0.2) is 31.2 Å². The number of benzene rings is 2. The van der Waals surface area contributed by atoms with Crippen molar-refractivity contribution in [1.82, 2.24) is 0 Å². The van der Waals surface area contributed by atoms with E-state index < -0.39 is 5.97 Å². The van der Waals surface area contributed by atoms with E-state index in [1.54, 1.807) is 0 Å². The maximum Gasteiger partial charge on any atom is 0.337 e. The van der Waals surface area contributed by atoms with Crippen LogP contribution in [0, 0.1) is 0 Å². The third-order valence-corrected chi connectivity index (χ3v) is 3.83. The highest BCUT2D eigenvalue weighted by Crippen LogP contribution is 2.33. The summed E-state index contributed by atoms with van der Waals surface area (Å²) in [6.07, 6.45) is 0.126. The monoisotopic (exact) mass is 393 g/mol. The quantitative estimate of drug-likeness (QED) is 0.785. The summed E-state index contributed by atoms with van der Waals surface area (Å²) >= 11 is 3.33. The predicted octanol–water partition coefficient (Wildman–Crippen LogP) is 3.35. The van der Waals surface area contributed by atoms with E-state index in [1.165, 1.54) is 26.4 Å². The summed E-state index contributed by atoms with van der Waals surface area (Å²) in [4.78, 5) is 23.6. The van der Waals surface area contributed by atoms with Crippen LogP contribution in [0.4, 0.5) is 5.69 Å². The molecule has 126 valence electrons. The summed E-state index contributed by atoms with van der Waals surface area (Å²) in [6, 6.07) is 10.0. The Morgan fingerprint density at radius 1 is 1.08 bits per heavy atom. The molecule has 0 unspecified atom stereocenters. The van der Waals surface area contributed by atoms with Gasteiger partial charge in [-0.15, -0.1) is 0 Å². The number of nitrogens with one attached hydrogen (secondary N) is 1. The number of methoxy groups -OCH3 is 2.